The van der Waals surface area contributed by atoms with Gasteiger partial charge in [0, 0.05) is 35.2 Å². The van der Waals surface area contributed by atoms with Gasteiger partial charge in [0.25, 0.3) is 0 Å². The molecule has 0 spiro atoms. The molecule has 0 radical (unpaired) electrons. The van der Waals surface area contributed by atoms with E-state index in [2.05, 4.69) is 5.32 Å². The van der Waals surface area contributed by atoms with Crippen LogP contribution in [0.4, 0.5) is 18.9 Å². The summed E-state index contributed by atoms with van der Waals surface area (Å²) >= 11 is 0. The van der Waals surface area contributed by atoms with Gasteiger partial charge in [0.2, 0.25) is 5.91 Å². The first kappa shape index (κ1) is 26.3. The molecule has 4 aromatic rings. The molecule has 9 heteroatoms. The highest BCUT2D eigenvalue weighted by atomic mass is 32.3. The average molecular weight is 528 g/mol. The number of amides is 1. The zero-order valence-corrected chi connectivity index (χ0v) is 20.6. The van der Waals surface area contributed by atoms with E-state index >= 15 is 0 Å². The predicted molar refractivity (Wildman–Crippen MR) is 139 cm³/mol. The third-order valence-electron chi connectivity index (χ3n) is 5.53. The van der Waals surface area contributed by atoms with Crippen LogP contribution in [0.3, 0.4) is 0 Å². The van der Waals surface area contributed by atoms with E-state index in [1.165, 1.54) is 30.3 Å². The summed E-state index contributed by atoms with van der Waals surface area (Å²) in [6.45, 7) is 1.68. The SMILES string of the molecule is CCS(O)(O)c1ccc(CC(=O)Nc2ccc(-c3cc(F)cc(F)c3)c(Oc3cccc(F)c3)c2)cc1. The molecule has 0 saturated carbocycles. The molecular weight excluding hydrogens is 503 g/mol. The van der Waals surface area contributed by atoms with Gasteiger partial charge in [-0.25, -0.2) is 13.2 Å². The topological polar surface area (TPSA) is 78.8 Å². The van der Waals surface area contributed by atoms with Crippen molar-refractivity contribution in [1.29, 1.82) is 0 Å². The Morgan fingerprint density at radius 1 is 0.865 bits per heavy atom. The number of nitrogens with one attached hydrogen (secondary N) is 1. The number of anilines is 1. The maximum atomic E-state index is 13.9. The van der Waals surface area contributed by atoms with Gasteiger partial charge < -0.3 is 10.1 Å². The van der Waals surface area contributed by atoms with E-state index in [0.717, 1.165) is 18.2 Å². The van der Waals surface area contributed by atoms with E-state index in [9.17, 15) is 27.1 Å². The zero-order chi connectivity index (χ0) is 26.6. The summed E-state index contributed by atoms with van der Waals surface area (Å²) in [5, 5.41) is 2.75. The summed E-state index contributed by atoms with van der Waals surface area (Å²) in [5.74, 6) is -1.89. The zero-order valence-electron chi connectivity index (χ0n) is 19.8. The van der Waals surface area contributed by atoms with Crippen LogP contribution in [0.25, 0.3) is 11.1 Å². The molecule has 4 rings (SSSR count). The molecular formula is C28H24F3NO4S. The third-order valence-corrected chi connectivity index (χ3v) is 7.36. The average Bonchev–Trinajstić information content (AvgIpc) is 2.84. The van der Waals surface area contributed by atoms with Crippen LogP contribution in [0.1, 0.15) is 12.5 Å². The Labute approximate surface area is 213 Å². The van der Waals surface area contributed by atoms with Gasteiger partial charge in [0.05, 0.1) is 11.3 Å². The lowest BCUT2D eigenvalue weighted by Crippen LogP contribution is -2.14. The quantitative estimate of drug-likeness (QED) is 0.218. The van der Waals surface area contributed by atoms with Gasteiger partial charge in [-0.15, -0.1) is 0 Å². The lowest BCUT2D eigenvalue weighted by atomic mass is 10.0. The number of hydrogen-bond acceptors (Lipinski definition) is 4. The molecule has 4 aromatic carbocycles. The Hall–Kier alpha value is -3.79. The van der Waals surface area contributed by atoms with E-state index in [1.807, 2.05) is 0 Å². The van der Waals surface area contributed by atoms with E-state index in [4.69, 9.17) is 4.74 Å². The van der Waals surface area contributed by atoms with E-state index in [0.29, 0.717) is 21.7 Å². The van der Waals surface area contributed by atoms with Crippen molar-refractivity contribution in [3.05, 3.63) is 108 Å². The lowest BCUT2D eigenvalue weighted by Gasteiger charge is -2.30. The van der Waals surface area contributed by atoms with Crippen LogP contribution in [0.15, 0.2) is 89.8 Å². The minimum Gasteiger partial charge on any atom is -0.457 e. The predicted octanol–water partition coefficient (Wildman–Crippen LogP) is 7.87. The minimum absolute atomic E-state index is 0.0164. The van der Waals surface area contributed by atoms with Crippen LogP contribution in [0.2, 0.25) is 0 Å². The van der Waals surface area contributed by atoms with Crippen LogP contribution in [0, 0.1) is 17.5 Å². The van der Waals surface area contributed by atoms with Gasteiger partial charge in [0.15, 0.2) is 0 Å². The molecule has 0 bridgehead atoms. The molecule has 0 aliphatic carbocycles. The smallest absolute Gasteiger partial charge is 0.228 e. The molecule has 5 nitrogen and oxygen atoms in total. The van der Waals surface area contributed by atoms with E-state index < -0.39 is 28.0 Å². The Kier molecular flexibility index (Phi) is 7.87. The van der Waals surface area contributed by atoms with Crippen molar-refractivity contribution < 1.29 is 31.8 Å². The van der Waals surface area contributed by atoms with Crippen molar-refractivity contribution >= 4 is 22.2 Å². The highest BCUT2D eigenvalue weighted by Gasteiger charge is 2.15. The number of benzene rings is 4. The second-order valence-electron chi connectivity index (χ2n) is 8.25. The van der Waals surface area contributed by atoms with Gasteiger partial charge in [-0.1, -0.05) is 18.2 Å². The fourth-order valence-electron chi connectivity index (χ4n) is 3.67. The molecule has 192 valence electrons. The molecule has 0 atom stereocenters. The van der Waals surface area contributed by atoms with Crippen molar-refractivity contribution in [2.24, 2.45) is 0 Å². The van der Waals surface area contributed by atoms with Crippen molar-refractivity contribution in [1.82, 2.24) is 0 Å². The van der Waals surface area contributed by atoms with Crippen LogP contribution in [-0.4, -0.2) is 20.8 Å². The number of carbonyl (C=O) groups excluding carboxylic acids is 1. The monoisotopic (exact) mass is 527 g/mol. The summed E-state index contributed by atoms with van der Waals surface area (Å²) in [6.07, 6.45) is 0.0164. The molecule has 37 heavy (non-hydrogen) atoms. The maximum Gasteiger partial charge on any atom is 0.228 e. The second-order valence-corrected chi connectivity index (χ2v) is 10.6. The molecule has 0 saturated heterocycles. The summed E-state index contributed by atoms with van der Waals surface area (Å²) in [4.78, 5) is 13.1. The fourth-order valence-corrected chi connectivity index (χ4v) is 4.58. The minimum atomic E-state index is -2.84. The molecule has 1 amide bonds. The molecule has 0 aromatic heterocycles. The number of carbonyl (C=O) groups is 1. The first-order valence-corrected chi connectivity index (χ1v) is 13.0. The van der Waals surface area contributed by atoms with Crippen molar-refractivity contribution in [2.45, 2.75) is 18.2 Å². The van der Waals surface area contributed by atoms with Gasteiger partial charge in [-0.05, 0) is 66.6 Å². The number of ether oxygens (including phenoxy) is 1. The Balaban J connectivity index is 1.58. The largest absolute Gasteiger partial charge is 0.457 e. The Morgan fingerprint density at radius 3 is 2.22 bits per heavy atom. The van der Waals surface area contributed by atoms with Crippen LogP contribution in [-0.2, 0) is 11.2 Å². The van der Waals surface area contributed by atoms with Crippen molar-refractivity contribution in [3.8, 4) is 22.6 Å². The van der Waals surface area contributed by atoms with Crippen molar-refractivity contribution in [3.63, 3.8) is 0 Å². The number of hydrogen-bond donors (Lipinski definition) is 3. The summed E-state index contributed by atoms with van der Waals surface area (Å²) in [5.41, 5.74) is 1.57. The van der Waals surface area contributed by atoms with Crippen LogP contribution in [0.5, 0.6) is 11.5 Å². The second kappa shape index (κ2) is 11.1. The van der Waals surface area contributed by atoms with Gasteiger partial charge in [0.1, 0.15) is 29.0 Å². The lowest BCUT2D eigenvalue weighted by molar-refractivity contribution is -0.115. The van der Waals surface area contributed by atoms with Crippen molar-refractivity contribution in [2.75, 3.05) is 11.1 Å². The molecule has 3 N–H and O–H groups in total. The summed E-state index contributed by atoms with van der Waals surface area (Å²) in [6, 6.07) is 19.5. The van der Waals surface area contributed by atoms with Gasteiger partial charge in [-0.2, -0.15) is 10.6 Å². The Bertz CT molecular complexity index is 1410. The molecule has 0 unspecified atom stereocenters. The standard InChI is InChI=1S/C28H24F3NO4S/c1-2-37(34,35)25-9-6-18(7-10-25)12-28(33)32-23-8-11-26(19-13-21(30)15-22(31)14-19)27(17-23)36-24-5-3-4-20(29)16-24/h3-11,13-17,34-35H,2,12H2,1H3,(H,32,33). The van der Waals surface area contributed by atoms with E-state index in [-0.39, 0.29) is 35.1 Å². The number of halogens is 3. The summed E-state index contributed by atoms with van der Waals surface area (Å²) < 4.78 is 67.4. The Morgan fingerprint density at radius 2 is 1.57 bits per heavy atom. The highest BCUT2D eigenvalue weighted by Crippen LogP contribution is 2.47. The molecule has 0 heterocycles. The van der Waals surface area contributed by atoms with Gasteiger partial charge >= 0.3 is 0 Å². The van der Waals surface area contributed by atoms with Crippen LogP contribution >= 0.6 is 10.6 Å². The van der Waals surface area contributed by atoms with E-state index in [1.54, 1.807) is 43.3 Å². The fraction of sp³-hybridized carbons (Fsp3) is 0.107. The maximum absolute atomic E-state index is 13.9. The molecule has 0 fully saturated rings. The highest BCUT2D eigenvalue weighted by molar-refractivity contribution is 8.24. The summed E-state index contributed by atoms with van der Waals surface area (Å²) in [7, 11) is -2.84. The number of rotatable bonds is 8. The molecule has 0 aliphatic heterocycles. The normalized spacial score (nSPS) is 11.7. The molecule has 0 aliphatic rings. The first-order chi connectivity index (χ1) is 17.6. The van der Waals surface area contributed by atoms with Crippen LogP contribution < -0.4 is 10.1 Å². The first-order valence-electron chi connectivity index (χ1n) is 11.3. The van der Waals surface area contributed by atoms with Gasteiger partial charge in [-0.3, -0.25) is 13.9 Å². The third kappa shape index (κ3) is 6.71.